The lowest BCUT2D eigenvalue weighted by molar-refractivity contribution is -0.192. The van der Waals surface area contributed by atoms with E-state index in [4.69, 9.17) is 20.4 Å². The van der Waals surface area contributed by atoms with Crippen molar-refractivity contribution in [2.24, 2.45) is 16.0 Å². The second-order valence-corrected chi connectivity index (χ2v) is 6.12. The van der Waals surface area contributed by atoms with Gasteiger partial charge in [0.05, 0.1) is 16.9 Å². The Bertz CT molecular complexity index is 1050. The maximum Gasteiger partial charge on any atom is 0.490 e. The molecule has 32 heavy (non-hydrogen) atoms. The topological polar surface area (TPSA) is 114 Å². The molecule has 3 rings (SSSR count). The van der Waals surface area contributed by atoms with Crippen LogP contribution in [0.25, 0.3) is 0 Å². The molecule has 0 saturated heterocycles. The van der Waals surface area contributed by atoms with Gasteiger partial charge in [0, 0.05) is 6.54 Å². The van der Waals surface area contributed by atoms with E-state index in [2.05, 4.69) is 10.2 Å². The number of hydrogen-bond acceptors (Lipinski definition) is 6. The van der Waals surface area contributed by atoms with Gasteiger partial charge in [0.15, 0.2) is 0 Å². The number of carboxylic acids is 1. The fourth-order valence-corrected chi connectivity index (χ4v) is 2.13. The van der Waals surface area contributed by atoms with E-state index in [-0.39, 0.29) is 0 Å². The van der Waals surface area contributed by atoms with E-state index in [1.807, 2.05) is 42.5 Å². The highest BCUT2D eigenvalue weighted by molar-refractivity contribution is 5.91. The highest BCUT2D eigenvalue weighted by atomic mass is 19.4. The SMILES string of the molecule is NCc1ccc(C(=O)Oc2ccc(N=Nc3ccccc3)cc2)cc1.O=C(O)C(F)(F)F. The fourth-order valence-electron chi connectivity index (χ4n) is 2.13. The number of hydrogen-bond donors (Lipinski definition) is 2. The molecule has 0 atom stereocenters. The molecule has 10 heteroatoms. The van der Waals surface area contributed by atoms with Crippen LogP contribution in [0.15, 0.2) is 89.1 Å². The zero-order valence-corrected chi connectivity index (χ0v) is 16.5. The maximum atomic E-state index is 12.1. The van der Waals surface area contributed by atoms with Crippen LogP contribution in [0.3, 0.4) is 0 Å². The molecule has 3 aromatic rings. The molecule has 0 spiro atoms. The van der Waals surface area contributed by atoms with Gasteiger partial charge in [0.1, 0.15) is 5.75 Å². The highest BCUT2D eigenvalue weighted by Gasteiger charge is 2.38. The first-order chi connectivity index (χ1) is 15.2. The van der Waals surface area contributed by atoms with Crippen molar-refractivity contribution in [1.82, 2.24) is 0 Å². The molecule has 7 nitrogen and oxygen atoms in total. The number of benzene rings is 3. The molecule has 0 aromatic heterocycles. The highest BCUT2D eigenvalue weighted by Crippen LogP contribution is 2.22. The first kappa shape index (κ1) is 24.2. The Labute approximate surface area is 181 Å². The molecule has 0 amide bonds. The number of rotatable bonds is 5. The number of halogens is 3. The number of nitrogens with zero attached hydrogens (tertiary/aromatic N) is 2. The van der Waals surface area contributed by atoms with Gasteiger partial charge in [-0.05, 0) is 54.1 Å². The Morgan fingerprint density at radius 2 is 1.34 bits per heavy atom. The normalized spacial score (nSPS) is 10.9. The van der Waals surface area contributed by atoms with Crippen molar-refractivity contribution in [3.05, 3.63) is 90.0 Å². The van der Waals surface area contributed by atoms with Gasteiger partial charge >= 0.3 is 18.1 Å². The Hall–Kier alpha value is -4.05. The van der Waals surface area contributed by atoms with E-state index < -0.39 is 18.1 Å². The summed E-state index contributed by atoms with van der Waals surface area (Å²) in [5.41, 5.74) is 8.44. The van der Waals surface area contributed by atoms with E-state index in [0.29, 0.717) is 23.5 Å². The Morgan fingerprint density at radius 3 is 1.81 bits per heavy atom. The summed E-state index contributed by atoms with van der Waals surface area (Å²) in [6.45, 7) is 0.439. The van der Waals surface area contributed by atoms with Crippen molar-refractivity contribution in [3.63, 3.8) is 0 Å². The number of aliphatic carboxylic acids is 1. The van der Waals surface area contributed by atoms with Crippen LogP contribution < -0.4 is 10.5 Å². The second-order valence-electron chi connectivity index (χ2n) is 6.12. The summed E-state index contributed by atoms with van der Waals surface area (Å²) in [7, 11) is 0. The molecule has 0 unspecified atom stereocenters. The molecule has 0 fully saturated rings. The summed E-state index contributed by atoms with van der Waals surface area (Å²) in [5, 5.41) is 15.4. The number of carbonyl (C=O) groups is 2. The van der Waals surface area contributed by atoms with Crippen LogP contribution in [0.4, 0.5) is 24.5 Å². The summed E-state index contributed by atoms with van der Waals surface area (Å²) >= 11 is 0. The number of alkyl halides is 3. The van der Waals surface area contributed by atoms with E-state index in [9.17, 15) is 18.0 Å². The zero-order valence-electron chi connectivity index (χ0n) is 16.5. The number of esters is 1. The monoisotopic (exact) mass is 445 g/mol. The van der Waals surface area contributed by atoms with E-state index in [1.165, 1.54) is 0 Å². The lowest BCUT2D eigenvalue weighted by Gasteiger charge is -2.05. The van der Waals surface area contributed by atoms with Gasteiger partial charge in [-0.2, -0.15) is 23.4 Å². The quantitative estimate of drug-likeness (QED) is 0.309. The molecule has 0 aliphatic rings. The average molecular weight is 445 g/mol. The van der Waals surface area contributed by atoms with Crippen molar-refractivity contribution >= 4 is 23.3 Å². The van der Waals surface area contributed by atoms with Crippen molar-refractivity contribution in [2.75, 3.05) is 0 Å². The van der Waals surface area contributed by atoms with E-state index >= 15 is 0 Å². The maximum absolute atomic E-state index is 12.1. The Morgan fingerprint density at radius 1 is 0.844 bits per heavy atom. The number of carboxylic acid groups (broad SMARTS) is 1. The molecule has 3 aromatic carbocycles. The van der Waals surface area contributed by atoms with E-state index in [0.717, 1.165) is 11.3 Å². The largest absolute Gasteiger partial charge is 0.490 e. The standard InChI is InChI=1S/C20H17N3O2.C2HF3O2/c21-14-15-6-8-16(9-7-15)20(24)25-19-12-10-18(11-13-19)23-22-17-4-2-1-3-5-17;3-2(4,5)1(6)7/h1-13H,14,21H2;(H,6,7). The van der Waals surface area contributed by atoms with Gasteiger partial charge in [-0.15, -0.1) is 0 Å². The van der Waals surface area contributed by atoms with Crippen LogP contribution in [-0.4, -0.2) is 23.2 Å². The van der Waals surface area contributed by atoms with Crippen LogP contribution in [0, 0.1) is 0 Å². The van der Waals surface area contributed by atoms with Crippen molar-refractivity contribution < 1.29 is 32.6 Å². The van der Waals surface area contributed by atoms with Gasteiger partial charge in [-0.3, -0.25) is 0 Å². The van der Waals surface area contributed by atoms with Gasteiger partial charge in [0.2, 0.25) is 0 Å². The molecule has 3 N–H and O–H groups in total. The molecule has 166 valence electrons. The summed E-state index contributed by atoms with van der Waals surface area (Å²) < 4.78 is 37.1. The second kappa shape index (κ2) is 11.4. The van der Waals surface area contributed by atoms with Gasteiger partial charge < -0.3 is 15.6 Å². The summed E-state index contributed by atoms with van der Waals surface area (Å²) in [6, 6.07) is 23.3. The summed E-state index contributed by atoms with van der Waals surface area (Å²) in [6.07, 6.45) is -5.08. The van der Waals surface area contributed by atoms with Crippen molar-refractivity contribution in [2.45, 2.75) is 12.7 Å². The molecule has 0 aliphatic heterocycles. The fraction of sp³-hybridized carbons (Fsp3) is 0.0909. The third kappa shape index (κ3) is 8.00. The van der Waals surface area contributed by atoms with Crippen LogP contribution in [-0.2, 0) is 11.3 Å². The van der Waals surface area contributed by atoms with Crippen LogP contribution in [0.2, 0.25) is 0 Å². The van der Waals surface area contributed by atoms with Crippen molar-refractivity contribution in [3.8, 4) is 5.75 Å². The molecule has 0 heterocycles. The van der Waals surface area contributed by atoms with Crippen LogP contribution in [0.5, 0.6) is 5.75 Å². The number of azo groups is 1. The molecular weight excluding hydrogens is 427 g/mol. The van der Waals surface area contributed by atoms with Crippen LogP contribution >= 0.6 is 0 Å². The molecule has 0 saturated carbocycles. The zero-order chi connectivity index (χ0) is 23.6. The predicted molar refractivity (Wildman–Crippen MR) is 110 cm³/mol. The smallest absolute Gasteiger partial charge is 0.475 e. The molecule has 0 aliphatic carbocycles. The third-order valence-corrected chi connectivity index (χ3v) is 3.75. The lowest BCUT2D eigenvalue weighted by atomic mass is 10.1. The van der Waals surface area contributed by atoms with Gasteiger partial charge in [0.25, 0.3) is 0 Å². The van der Waals surface area contributed by atoms with Gasteiger partial charge in [-0.1, -0.05) is 30.3 Å². The minimum absolute atomic E-state index is 0.415. The van der Waals surface area contributed by atoms with E-state index in [1.54, 1.807) is 36.4 Å². The minimum Gasteiger partial charge on any atom is -0.475 e. The Balaban J connectivity index is 0.000000451. The molecule has 0 bridgehead atoms. The molecular formula is C22H18F3N3O4. The average Bonchev–Trinajstić information content (AvgIpc) is 2.79. The van der Waals surface area contributed by atoms with Crippen molar-refractivity contribution in [1.29, 1.82) is 0 Å². The minimum atomic E-state index is -5.08. The number of nitrogens with two attached hydrogens (primary N) is 1. The lowest BCUT2D eigenvalue weighted by Crippen LogP contribution is -2.21. The Kier molecular flexibility index (Phi) is 8.61. The predicted octanol–water partition coefficient (Wildman–Crippen LogP) is 5.41. The summed E-state index contributed by atoms with van der Waals surface area (Å²) in [4.78, 5) is 21.0. The number of carbonyl (C=O) groups excluding carboxylic acids is 1. The number of ether oxygens (including phenoxy) is 1. The van der Waals surface area contributed by atoms with Crippen LogP contribution in [0.1, 0.15) is 15.9 Å². The molecule has 0 radical (unpaired) electrons. The van der Waals surface area contributed by atoms with Gasteiger partial charge in [-0.25, -0.2) is 9.59 Å². The summed E-state index contributed by atoms with van der Waals surface area (Å²) in [5.74, 6) is -2.72. The first-order valence-electron chi connectivity index (χ1n) is 9.07. The first-order valence-corrected chi connectivity index (χ1v) is 9.07. The third-order valence-electron chi connectivity index (χ3n) is 3.75.